The standard InChI is InChI=1S/C31H35ClF3N3O4S/c1-5-22(4)36-30(40)27(6-2)37(19-23-13-11-10-12-21(23)3)29(39)20-38(43(41,42)25-14-8-7-9-15-25)28-18-24(31(33,34)35)16-17-26(28)32/h7-18,22,27H,5-6,19-20H2,1-4H3,(H,36,40)/t22-,27-/m1/s1. The minimum atomic E-state index is -4.80. The summed E-state index contributed by atoms with van der Waals surface area (Å²) in [5, 5.41) is 2.58. The first kappa shape index (κ1) is 33.9. The Balaban J connectivity index is 2.16. The summed E-state index contributed by atoms with van der Waals surface area (Å²) in [4.78, 5) is 28.5. The van der Waals surface area contributed by atoms with Gasteiger partial charge in [-0.1, -0.05) is 67.9 Å². The van der Waals surface area contributed by atoms with Crippen molar-refractivity contribution in [2.75, 3.05) is 10.8 Å². The second-order valence-electron chi connectivity index (χ2n) is 10.2. The quantitative estimate of drug-likeness (QED) is 0.243. The molecule has 0 aliphatic heterocycles. The number of carbonyl (C=O) groups is 2. The molecule has 0 fully saturated rings. The summed E-state index contributed by atoms with van der Waals surface area (Å²) < 4.78 is 69.5. The molecule has 0 unspecified atom stereocenters. The van der Waals surface area contributed by atoms with Crippen LogP contribution in [0.2, 0.25) is 5.02 Å². The molecule has 3 aromatic carbocycles. The number of nitrogens with zero attached hydrogens (tertiary/aromatic N) is 2. The number of hydrogen-bond acceptors (Lipinski definition) is 4. The first-order chi connectivity index (χ1) is 20.2. The number of nitrogens with one attached hydrogen (secondary N) is 1. The second kappa shape index (κ2) is 14.3. The number of aryl methyl sites for hydroxylation is 1. The number of hydrogen-bond donors (Lipinski definition) is 1. The Bertz CT molecular complexity index is 1530. The topological polar surface area (TPSA) is 86.8 Å². The fourth-order valence-electron chi connectivity index (χ4n) is 4.44. The van der Waals surface area contributed by atoms with Crippen molar-refractivity contribution in [1.29, 1.82) is 0 Å². The molecule has 2 amide bonds. The third kappa shape index (κ3) is 8.29. The van der Waals surface area contributed by atoms with Gasteiger partial charge in [-0.15, -0.1) is 0 Å². The fraction of sp³-hybridized carbons (Fsp3) is 0.355. The minimum Gasteiger partial charge on any atom is -0.352 e. The van der Waals surface area contributed by atoms with Crippen molar-refractivity contribution in [1.82, 2.24) is 10.2 Å². The number of anilines is 1. The van der Waals surface area contributed by atoms with Crippen LogP contribution < -0.4 is 9.62 Å². The van der Waals surface area contributed by atoms with E-state index < -0.39 is 51.9 Å². The summed E-state index contributed by atoms with van der Waals surface area (Å²) in [6.45, 7) is 6.34. The zero-order valence-electron chi connectivity index (χ0n) is 24.4. The lowest BCUT2D eigenvalue weighted by Crippen LogP contribution is -2.53. The lowest BCUT2D eigenvalue weighted by Gasteiger charge is -2.34. The van der Waals surface area contributed by atoms with Crippen LogP contribution in [0.4, 0.5) is 18.9 Å². The summed E-state index contributed by atoms with van der Waals surface area (Å²) in [5.41, 5.74) is -0.0854. The van der Waals surface area contributed by atoms with Gasteiger partial charge in [0.1, 0.15) is 12.6 Å². The molecule has 2 atom stereocenters. The van der Waals surface area contributed by atoms with E-state index in [1.54, 1.807) is 25.1 Å². The van der Waals surface area contributed by atoms with Gasteiger partial charge < -0.3 is 10.2 Å². The van der Waals surface area contributed by atoms with Crippen molar-refractivity contribution < 1.29 is 31.2 Å². The number of alkyl halides is 3. The zero-order valence-corrected chi connectivity index (χ0v) is 25.9. The number of benzene rings is 3. The minimum absolute atomic E-state index is 0.0342. The van der Waals surface area contributed by atoms with Gasteiger partial charge in [-0.2, -0.15) is 13.2 Å². The molecule has 0 spiro atoms. The lowest BCUT2D eigenvalue weighted by atomic mass is 10.1. The third-order valence-electron chi connectivity index (χ3n) is 7.14. The monoisotopic (exact) mass is 637 g/mol. The van der Waals surface area contributed by atoms with Crippen molar-refractivity contribution in [3.8, 4) is 0 Å². The Morgan fingerprint density at radius 2 is 1.58 bits per heavy atom. The Morgan fingerprint density at radius 3 is 2.16 bits per heavy atom. The molecule has 0 aromatic heterocycles. The molecule has 3 aromatic rings. The molecule has 0 bridgehead atoms. The highest BCUT2D eigenvalue weighted by Crippen LogP contribution is 2.37. The van der Waals surface area contributed by atoms with Crippen LogP contribution in [0.25, 0.3) is 0 Å². The van der Waals surface area contributed by atoms with Gasteiger partial charge in [0.25, 0.3) is 10.0 Å². The lowest BCUT2D eigenvalue weighted by molar-refractivity contribution is -0.140. The van der Waals surface area contributed by atoms with E-state index in [1.165, 1.54) is 29.2 Å². The highest BCUT2D eigenvalue weighted by molar-refractivity contribution is 7.92. The third-order valence-corrected chi connectivity index (χ3v) is 9.23. The van der Waals surface area contributed by atoms with E-state index in [9.17, 15) is 31.2 Å². The average Bonchev–Trinajstić information content (AvgIpc) is 2.96. The molecule has 7 nitrogen and oxygen atoms in total. The van der Waals surface area contributed by atoms with E-state index in [4.69, 9.17) is 11.6 Å². The Morgan fingerprint density at radius 1 is 0.953 bits per heavy atom. The predicted molar refractivity (Wildman–Crippen MR) is 161 cm³/mol. The summed E-state index contributed by atoms with van der Waals surface area (Å²) in [5.74, 6) is -1.21. The number of amides is 2. The highest BCUT2D eigenvalue weighted by Gasteiger charge is 2.37. The van der Waals surface area contributed by atoms with Crippen LogP contribution in [-0.4, -0.2) is 43.8 Å². The fourth-order valence-corrected chi connectivity index (χ4v) is 6.16. The Labute approximate surface area is 255 Å². The molecule has 0 heterocycles. The van der Waals surface area contributed by atoms with Gasteiger partial charge in [-0.3, -0.25) is 13.9 Å². The molecule has 0 aliphatic rings. The number of rotatable bonds is 12. The molecule has 232 valence electrons. The molecule has 0 radical (unpaired) electrons. The van der Waals surface area contributed by atoms with Gasteiger partial charge in [0.2, 0.25) is 11.8 Å². The molecular weight excluding hydrogens is 603 g/mol. The number of sulfonamides is 1. The van der Waals surface area contributed by atoms with Crippen LogP contribution in [0.3, 0.4) is 0 Å². The van der Waals surface area contributed by atoms with Crippen LogP contribution in [0.1, 0.15) is 50.3 Å². The molecule has 0 aliphatic carbocycles. The molecule has 0 saturated carbocycles. The average molecular weight is 638 g/mol. The van der Waals surface area contributed by atoms with Crippen LogP contribution in [0.15, 0.2) is 77.7 Å². The molecule has 12 heteroatoms. The van der Waals surface area contributed by atoms with E-state index >= 15 is 0 Å². The summed E-state index contributed by atoms with van der Waals surface area (Å²) >= 11 is 6.30. The van der Waals surface area contributed by atoms with Crippen LogP contribution in [0, 0.1) is 6.92 Å². The first-order valence-electron chi connectivity index (χ1n) is 13.8. The maximum Gasteiger partial charge on any atom is 0.416 e. The van der Waals surface area contributed by atoms with E-state index in [-0.39, 0.29) is 28.9 Å². The van der Waals surface area contributed by atoms with Gasteiger partial charge in [0, 0.05) is 12.6 Å². The molecule has 0 saturated heterocycles. The molecule has 43 heavy (non-hydrogen) atoms. The largest absolute Gasteiger partial charge is 0.416 e. The van der Waals surface area contributed by atoms with E-state index in [0.717, 1.165) is 23.3 Å². The second-order valence-corrected chi connectivity index (χ2v) is 12.4. The molecule has 1 N–H and O–H groups in total. The van der Waals surface area contributed by atoms with Gasteiger partial charge in [-0.25, -0.2) is 8.42 Å². The normalized spacial score (nSPS) is 13.2. The molecule has 3 rings (SSSR count). The van der Waals surface area contributed by atoms with Gasteiger partial charge >= 0.3 is 6.18 Å². The van der Waals surface area contributed by atoms with Crippen molar-refractivity contribution in [2.24, 2.45) is 0 Å². The Kier molecular flexibility index (Phi) is 11.3. The number of halogens is 4. The summed E-state index contributed by atoms with van der Waals surface area (Å²) in [6.07, 6.45) is -3.95. The number of carbonyl (C=O) groups excluding carboxylic acids is 2. The first-order valence-corrected chi connectivity index (χ1v) is 15.6. The van der Waals surface area contributed by atoms with E-state index in [1.807, 2.05) is 32.9 Å². The smallest absolute Gasteiger partial charge is 0.352 e. The summed E-state index contributed by atoms with van der Waals surface area (Å²) in [7, 11) is -4.59. The SMILES string of the molecule is CC[C@@H](C)NC(=O)[C@@H](CC)N(Cc1ccccc1C)C(=O)CN(c1cc(C(F)(F)F)ccc1Cl)S(=O)(=O)c1ccccc1. The van der Waals surface area contributed by atoms with Crippen molar-refractivity contribution in [3.63, 3.8) is 0 Å². The van der Waals surface area contributed by atoms with Crippen molar-refractivity contribution in [3.05, 3.63) is 94.5 Å². The van der Waals surface area contributed by atoms with Crippen LogP contribution in [0.5, 0.6) is 0 Å². The molecular formula is C31H35ClF3N3O4S. The predicted octanol–water partition coefficient (Wildman–Crippen LogP) is 6.58. The van der Waals surface area contributed by atoms with Gasteiger partial charge in [0.15, 0.2) is 0 Å². The van der Waals surface area contributed by atoms with Crippen LogP contribution in [-0.2, 0) is 32.3 Å². The Hall–Kier alpha value is -3.57. The highest BCUT2D eigenvalue weighted by atomic mass is 35.5. The summed E-state index contributed by atoms with van der Waals surface area (Å²) in [6, 6.07) is 15.4. The van der Waals surface area contributed by atoms with Crippen molar-refractivity contribution in [2.45, 2.75) is 70.2 Å². The maximum atomic E-state index is 14.1. The van der Waals surface area contributed by atoms with Crippen molar-refractivity contribution >= 4 is 39.1 Å². The maximum absolute atomic E-state index is 14.1. The van der Waals surface area contributed by atoms with Gasteiger partial charge in [-0.05, 0) is 68.1 Å². The van der Waals surface area contributed by atoms with Gasteiger partial charge in [0.05, 0.1) is 21.2 Å². The zero-order chi connectivity index (χ0) is 31.9. The van der Waals surface area contributed by atoms with E-state index in [2.05, 4.69) is 5.32 Å². The van der Waals surface area contributed by atoms with Crippen LogP contribution >= 0.6 is 11.6 Å². The van der Waals surface area contributed by atoms with E-state index in [0.29, 0.717) is 16.8 Å².